The highest BCUT2D eigenvalue weighted by molar-refractivity contribution is 6.04. The maximum Gasteiger partial charge on any atom is 0.296 e. The van der Waals surface area contributed by atoms with Crippen molar-refractivity contribution in [3.8, 4) is 0 Å². The van der Waals surface area contributed by atoms with Crippen molar-refractivity contribution in [2.75, 3.05) is 38.0 Å². The van der Waals surface area contributed by atoms with E-state index < -0.39 is 5.56 Å². The Labute approximate surface area is 184 Å². The molecule has 2 amide bonds. The van der Waals surface area contributed by atoms with E-state index in [-0.39, 0.29) is 29.6 Å². The van der Waals surface area contributed by atoms with Crippen LogP contribution in [0.3, 0.4) is 0 Å². The van der Waals surface area contributed by atoms with Gasteiger partial charge in [-0.1, -0.05) is 30.3 Å². The highest BCUT2D eigenvalue weighted by Crippen LogP contribution is 2.20. The van der Waals surface area contributed by atoms with E-state index in [0.717, 1.165) is 22.4 Å². The molecular weight excluding hydrogens is 412 g/mol. The van der Waals surface area contributed by atoms with Crippen LogP contribution in [0.25, 0.3) is 10.9 Å². The van der Waals surface area contributed by atoms with Gasteiger partial charge >= 0.3 is 0 Å². The summed E-state index contributed by atoms with van der Waals surface area (Å²) in [6.45, 7) is 5.99. The molecule has 0 bridgehead atoms. The van der Waals surface area contributed by atoms with Crippen molar-refractivity contribution in [1.29, 1.82) is 0 Å². The van der Waals surface area contributed by atoms with Crippen molar-refractivity contribution in [2.24, 2.45) is 7.05 Å². The lowest BCUT2D eigenvalue weighted by Gasteiger charge is -2.34. The fraction of sp³-hybridized carbons (Fsp3) is 0.409. The number of hydrogen-bond donors (Lipinski definition) is 1. The zero-order chi connectivity index (χ0) is 22.8. The third-order valence-corrected chi connectivity index (χ3v) is 5.75. The number of aryl methyl sites for hydroxylation is 3. The van der Waals surface area contributed by atoms with Gasteiger partial charge < -0.3 is 14.7 Å². The van der Waals surface area contributed by atoms with E-state index in [9.17, 15) is 14.4 Å². The van der Waals surface area contributed by atoms with Crippen molar-refractivity contribution in [3.63, 3.8) is 0 Å². The number of nitrogens with zero attached hydrogens (tertiary/aromatic N) is 5. The molecule has 168 valence electrons. The largest absolute Gasteiger partial charge is 0.360 e. The first-order chi connectivity index (χ1) is 15.4. The number of nitrogens with one attached hydrogen (secondary N) is 1. The Balaban J connectivity index is 1.40. The normalized spacial score (nSPS) is 14.7. The smallest absolute Gasteiger partial charge is 0.296 e. The van der Waals surface area contributed by atoms with Crippen LogP contribution in [-0.2, 0) is 18.3 Å². The Bertz CT molecular complexity index is 1220. The summed E-state index contributed by atoms with van der Waals surface area (Å²) in [6.07, 6.45) is 0.843. The minimum atomic E-state index is -0.408. The Morgan fingerprint density at radius 2 is 1.88 bits per heavy atom. The molecule has 1 N–H and O–H groups in total. The maximum absolute atomic E-state index is 13.1. The van der Waals surface area contributed by atoms with Gasteiger partial charge in [-0.2, -0.15) is 5.10 Å². The number of anilines is 1. The van der Waals surface area contributed by atoms with E-state index in [1.807, 2.05) is 29.2 Å². The number of carbonyl (C=O) groups is 2. The molecule has 0 spiro atoms. The van der Waals surface area contributed by atoms with Crippen LogP contribution in [0.2, 0.25) is 0 Å². The summed E-state index contributed by atoms with van der Waals surface area (Å²) in [5, 5.41) is 11.3. The van der Waals surface area contributed by atoms with E-state index in [1.165, 1.54) is 7.05 Å². The number of piperazine rings is 1. The first-order valence-corrected chi connectivity index (χ1v) is 10.6. The van der Waals surface area contributed by atoms with E-state index in [0.29, 0.717) is 37.3 Å². The molecule has 1 aromatic carbocycles. The van der Waals surface area contributed by atoms with Crippen LogP contribution in [0.5, 0.6) is 0 Å². The molecule has 0 saturated carbocycles. The zero-order valence-electron chi connectivity index (χ0n) is 18.4. The average Bonchev–Trinajstić information content (AvgIpc) is 3.18. The summed E-state index contributed by atoms with van der Waals surface area (Å²) in [5.74, 6) is 0.0290. The summed E-state index contributed by atoms with van der Waals surface area (Å²) >= 11 is 0. The molecule has 2 aromatic heterocycles. The van der Waals surface area contributed by atoms with Gasteiger partial charge in [0.05, 0.1) is 11.9 Å². The average molecular weight is 438 g/mol. The second kappa shape index (κ2) is 8.91. The number of carbonyl (C=O) groups excluding carboxylic acids is 2. The van der Waals surface area contributed by atoms with Crippen LogP contribution in [0.15, 0.2) is 33.6 Å². The van der Waals surface area contributed by atoms with E-state index in [1.54, 1.807) is 11.8 Å². The molecule has 1 aliphatic heterocycles. The van der Waals surface area contributed by atoms with Gasteiger partial charge in [0, 0.05) is 38.9 Å². The van der Waals surface area contributed by atoms with Gasteiger partial charge in [0.15, 0.2) is 11.2 Å². The third kappa shape index (κ3) is 4.13. The molecule has 1 aliphatic rings. The second-order valence-electron chi connectivity index (χ2n) is 7.87. The molecule has 4 rings (SSSR count). The fourth-order valence-electron chi connectivity index (χ4n) is 3.95. The second-order valence-corrected chi connectivity index (χ2v) is 7.87. The van der Waals surface area contributed by atoms with Crippen molar-refractivity contribution in [2.45, 2.75) is 20.3 Å². The minimum absolute atomic E-state index is 0.0767. The van der Waals surface area contributed by atoms with Crippen molar-refractivity contribution in [3.05, 3.63) is 51.6 Å². The Hall–Kier alpha value is -3.53. The standard InChI is InChI=1S/C22H26N6O4/c1-4-15-7-5-6-8-16(15)23-17(29)13-27-9-11-28(12-10-27)22(31)19-18-14(2)32-25-20(18)21(30)26(3)24-19/h5-8H,4,9-13H2,1-3H3,(H,23,29). The molecule has 3 heterocycles. The minimum Gasteiger partial charge on any atom is -0.360 e. The Morgan fingerprint density at radius 3 is 2.59 bits per heavy atom. The maximum atomic E-state index is 13.1. The summed E-state index contributed by atoms with van der Waals surface area (Å²) in [5.41, 5.74) is 1.78. The van der Waals surface area contributed by atoms with Gasteiger partial charge in [0.1, 0.15) is 5.76 Å². The molecule has 0 unspecified atom stereocenters. The van der Waals surface area contributed by atoms with Crippen LogP contribution in [0.4, 0.5) is 5.69 Å². The fourth-order valence-corrected chi connectivity index (χ4v) is 3.95. The van der Waals surface area contributed by atoms with E-state index >= 15 is 0 Å². The van der Waals surface area contributed by atoms with E-state index in [2.05, 4.69) is 22.5 Å². The van der Waals surface area contributed by atoms with Crippen LogP contribution in [-0.4, -0.2) is 69.3 Å². The first-order valence-electron chi connectivity index (χ1n) is 10.6. The Morgan fingerprint density at radius 1 is 1.16 bits per heavy atom. The molecule has 0 atom stereocenters. The Kier molecular flexibility index (Phi) is 6.04. The predicted octanol–water partition coefficient (Wildman–Crippen LogP) is 1.19. The topological polar surface area (TPSA) is 114 Å². The molecule has 0 aliphatic carbocycles. The molecule has 10 nitrogen and oxygen atoms in total. The third-order valence-electron chi connectivity index (χ3n) is 5.75. The quantitative estimate of drug-likeness (QED) is 0.636. The van der Waals surface area contributed by atoms with Crippen LogP contribution >= 0.6 is 0 Å². The van der Waals surface area contributed by atoms with Gasteiger partial charge in [-0.25, -0.2) is 4.68 Å². The summed E-state index contributed by atoms with van der Waals surface area (Å²) in [4.78, 5) is 41.6. The first kappa shape index (κ1) is 21.7. The molecule has 10 heteroatoms. The number of fused-ring (bicyclic) bond motifs is 1. The van der Waals surface area contributed by atoms with Gasteiger partial charge in [-0.3, -0.25) is 19.3 Å². The van der Waals surface area contributed by atoms with Crippen LogP contribution < -0.4 is 10.9 Å². The highest BCUT2D eigenvalue weighted by atomic mass is 16.5. The van der Waals surface area contributed by atoms with Gasteiger partial charge in [0.25, 0.3) is 11.5 Å². The monoisotopic (exact) mass is 438 g/mol. The highest BCUT2D eigenvalue weighted by Gasteiger charge is 2.28. The predicted molar refractivity (Wildman–Crippen MR) is 119 cm³/mol. The van der Waals surface area contributed by atoms with Gasteiger partial charge in [-0.05, 0) is 25.0 Å². The molecule has 1 saturated heterocycles. The van der Waals surface area contributed by atoms with Crippen molar-refractivity contribution in [1.82, 2.24) is 24.7 Å². The number of amides is 2. The molecule has 0 radical (unpaired) electrons. The van der Waals surface area contributed by atoms with Crippen LogP contribution in [0, 0.1) is 6.92 Å². The number of para-hydroxylation sites is 1. The van der Waals surface area contributed by atoms with Crippen molar-refractivity contribution < 1.29 is 14.1 Å². The number of rotatable bonds is 5. The number of aromatic nitrogens is 3. The van der Waals surface area contributed by atoms with Crippen molar-refractivity contribution >= 4 is 28.4 Å². The lowest BCUT2D eigenvalue weighted by Crippen LogP contribution is -2.50. The summed E-state index contributed by atoms with van der Waals surface area (Å²) in [7, 11) is 1.48. The summed E-state index contributed by atoms with van der Waals surface area (Å²) < 4.78 is 6.23. The van der Waals surface area contributed by atoms with Gasteiger partial charge in [-0.15, -0.1) is 0 Å². The lowest BCUT2D eigenvalue weighted by atomic mass is 10.1. The number of hydrogen-bond acceptors (Lipinski definition) is 7. The zero-order valence-corrected chi connectivity index (χ0v) is 18.4. The SMILES string of the molecule is CCc1ccccc1NC(=O)CN1CCN(C(=O)c2nn(C)c(=O)c3noc(C)c23)CC1. The molecule has 3 aromatic rings. The molecule has 32 heavy (non-hydrogen) atoms. The van der Waals surface area contributed by atoms with Crippen LogP contribution in [0.1, 0.15) is 28.7 Å². The number of benzene rings is 1. The lowest BCUT2D eigenvalue weighted by molar-refractivity contribution is -0.117. The van der Waals surface area contributed by atoms with Gasteiger partial charge in [0.2, 0.25) is 5.91 Å². The summed E-state index contributed by atoms with van der Waals surface area (Å²) in [6, 6.07) is 7.77. The molecular formula is C22H26N6O4. The molecule has 1 fully saturated rings. The van der Waals surface area contributed by atoms with E-state index in [4.69, 9.17) is 4.52 Å².